The highest BCUT2D eigenvalue weighted by Crippen LogP contribution is 2.24. The minimum atomic E-state index is -0.200. The summed E-state index contributed by atoms with van der Waals surface area (Å²) in [6, 6.07) is 7.54. The molecule has 1 aromatic rings. The van der Waals surface area contributed by atoms with Gasteiger partial charge in [0.1, 0.15) is 11.8 Å². The van der Waals surface area contributed by atoms with Crippen LogP contribution in [0.3, 0.4) is 0 Å². The van der Waals surface area contributed by atoms with Crippen molar-refractivity contribution >= 4 is 22.0 Å². The molecule has 5 nitrogen and oxygen atoms in total. The Kier molecular flexibility index (Phi) is 7.38. The van der Waals surface area contributed by atoms with Gasteiger partial charge in [0.15, 0.2) is 0 Å². The third-order valence-corrected chi connectivity index (χ3v) is 4.83. The summed E-state index contributed by atoms with van der Waals surface area (Å²) < 4.78 is 11.8. The fraction of sp³-hybridized carbons (Fsp3) is 0.556. The van der Waals surface area contributed by atoms with Crippen LogP contribution in [0.15, 0.2) is 22.7 Å². The molecule has 130 valence electrons. The van der Waals surface area contributed by atoms with Gasteiger partial charge in [-0.3, -0.25) is 0 Å². The zero-order valence-corrected chi connectivity index (χ0v) is 15.5. The Morgan fingerprint density at radius 2 is 2.17 bits per heavy atom. The van der Waals surface area contributed by atoms with Gasteiger partial charge in [-0.05, 0) is 59.3 Å². The van der Waals surface area contributed by atoms with E-state index in [1.165, 1.54) is 0 Å². The molecular formula is C18H23BrN2O3. The topological polar surface area (TPSA) is 62.6 Å². The molecule has 0 spiro atoms. The van der Waals surface area contributed by atoms with Gasteiger partial charge in [0.05, 0.1) is 18.8 Å². The first-order valence-electron chi connectivity index (χ1n) is 8.38. The van der Waals surface area contributed by atoms with E-state index in [4.69, 9.17) is 14.7 Å². The number of hydrogen-bond donors (Lipinski definition) is 0. The summed E-state index contributed by atoms with van der Waals surface area (Å²) in [5, 5.41) is 9.03. The van der Waals surface area contributed by atoms with Crippen molar-refractivity contribution in [2.75, 3.05) is 26.3 Å². The first-order valence-corrected chi connectivity index (χ1v) is 9.17. The Bertz CT molecular complexity index is 592. The van der Waals surface area contributed by atoms with E-state index >= 15 is 0 Å². The van der Waals surface area contributed by atoms with E-state index in [1.54, 1.807) is 11.0 Å². The molecule has 1 saturated heterocycles. The number of nitrogens with zero attached hydrogens (tertiary/aromatic N) is 2. The average Bonchev–Trinajstić information content (AvgIpc) is 2.61. The van der Waals surface area contributed by atoms with E-state index in [0.717, 1.165) is 30.2 Å². The van der Waals surface area contributed by atoms with Crippen LogP contribution in [-0.2, 0) is 4.74 Å². The summed E-state index contributed by atoms with van der Waals surface area (Å²) in [5.41, 5.74) is 0.567. The highest BCUT2D eigenvalue weighted by Gasteiger charge is 2.24. The van der Waals surface area contributed by atoms with Crippen molar-refractivity contribution < 1.29 is 14.3 Å². The number of benzene rings is 1. The highest BCUT2D eigenvalue weighted by molar-refractivity contribution is 9.10. The molecule has 0 atom stereocenters. The Hall–Kier alpha value is -1.74. The molecule has 0 radical (unpaired) electrons. The molecule has 0 saturated carbocycles. The van der Waals surface area contributed by atoms with Crippen LogP contribution in [0.1, 0.15) is 38.2 Å². The monoisotopic (exact) mass is 394 g/mol. The van der Waals surface area contributed by atoms with Crippen molar-refractivity contribution in [1.29, 1.82) is 5.26 Å². The van der Waals surface area contributed by atoms with E-state index in [2.05, 4.69) is 28.9 Å². The smallest absolute Gasteiger partial charge is 0.409 e. The molecule has 1 aromatic carbocycles. The van der Waals surface area contributed by atoms with Gasteiger partial charge in [-0.25, -0.2) is 4.79 Å². The van der Waals surface area contributed by atoms with Crippen LogP contribution in [-0.4, -0.2) is 37.3 Å². The second-order valence-corrected chi connectivity index (χ2v) is 6.82. The van der Waals surface area contributed by atoms with Gasteiger partial charge in [-0.15, -0.1) is 0 Å². The number of nitriles is 1. The summed E-state index contributed by atoms with van der Waals surface area (Å²) in [7, 11) is 0. The molecule has 1 amide bonds. The molecule has 1 heterocycles. The zero-order valence-electron chi connectivity index (χ0n) is 14.0. The largest absolute Gasteiger partial charge is 0.493 e. The van der Waals surface area contributed by atoms with Crippen LogP contribution in [0.4, 0.5) is 4.79 Å². The van der Waals surface area contributed by atoms with Gasteiger partial charge in [0.25, 0.3) is 0 Å². The molecule has 1 aliphatic heterocycles. The second-order valence-electron chi connectivity index (χ2n) is 5.96. The predicted octanol–water partition coefficient (Wildman–Crippen LogP) is 4.35. The van der Waals surface area contributed by atoms with Crippen LogP contribution in [0.5, 0.6) is 5.75 Å². The quantitative estimate of drug-likeness (QED) is 0.672. The minimum Gasteiger partial charge on any atom is -0.493 e. The van der Waals surface area contributed by atoms with Gasteiger partial charge in [-0.2, -0.15) is 5.26 Å². The minimum absolute atomic E-state index is 0.200. The van der Waals surface area contributed by atoms with Crippen molar-refractivity contribution in [1.82, 2.24) is 4.90 Å². The molecule has 0 aromatic heterocycles. The summed E-state index contributed by atoms with van der Waals surface area (Å²) in [6.45, 7) is 4.60. The fourth-order valence-electron chi connectivity index (χ4n) is 2.57. The molecule has 0 bridgehead atoms. The second kappa shape index (κ2) is 9.53. The maximum Gasteiger partial charge on any atom is 0.409 e. The number of unbranched alkanes of at least 4 members (excludes halogenated alkanes) is 1. The number of hydrogen-bond acceptors (Lipinski definition) is 4. The summed E-state index contributed by atoms with van der Waals surface area (Å²) in [6.07, 6.45) is 3.55. The third kappa shape index (κ3) is 5.41. The van der Waals surface area contributed by atoms with Crippen LogP contribution in [0.25, 0.3) is 0 Å². The maximum absolute atomic E-state index is 11.9. The fourth-order valence-corrected chi connectivity index (χ4v) is 2.91. The number of amides is 1. The molecule has 0 N–H and O–H groups in total. The summed E-state index contributed by atoms with van der Waals surface area (Å²) >= 11 is 3.33. The van der Waals surface area contributed by atoms with Gasteiger partial charge in [-0.1, -0.05) is 13.3 Å². The molecule has 1 aliphatic rings. The molecule has 0 aliphatic carbocycles. The first kappa shape index (κ1) is 18.6. The van der Waals surface area contributed by atoms with Crippen molar-refractivity contribution in [2.45, 2.75) is 32.6 Å². The normalized spacial score (nSPS) is 15.0. The Morgan fingerprint density at radius 3 is 2.83 bits per heavy atom. The lowest BCUT2D eigenvalue weighted by molar-refractivity contribution is 0.0800. The zero-order chi connectivity index (χ0) is 17.4. The van der Waals surface area contributed by atoms with Gasteiger partial charge >= 0.3 is 6.09 Å². The Labute approximate surface area is 151 Å². The van der Waals surface area contributed by atoms with Crippen LogP contribution in [0, 0.1) is 17.2 Å². The van der Waals surface area contributed by atoms with E-state index in [-0.39, 0.29) is 6.09 Å². The lowest BCUT2D eigenvalue weighted by Crippen LogP contribution is -2.40. The van der Waals surface area contributed by atoms with Crippen molar-refractivity contribution in [3.63, 3.8) is 0 Å². The van der Waals surface area contributed by atoms with Crippen molar-refractivity contribution in [2.24, 2.45) is 5.92 Å². The van der Waals surface area contributed by atoms with Crippen LogP contribution >= 0.6 is 15.9 Å². The summed E-state index contributed by atoms with van der Waals surface area (Å²) in [4.78, 5) is 13.7. The van der Waals surface area contributed by atoms with E-state index in [1.807, 2.05) is 12.1 Å². The Balaban J connectivity index is 1.73. The number of halogens is 1. The van der Waals surface area contributed by atoms with Gasteiger partial charge in [0, 0.05) is 17.6 Å². The lowest BCUT2D eigenvalue weighted by atomic mass is 9.98. The number of carbonyl (C=O) groups is 1. The standard InChI is InChI=1S/C18H23BrN2O3/c1-2-3-10-23-18(22)21-8-6-14(7-9-21)13-24-16-4-5-17(19)15(11-16)12-20/h4-5,11,14H,2-3,6-10,13H2,1H3. The summed E-state index contributed by atoms with van der Waals surface area (Å²) in [5.74, 6) is 1.12. The molecule has 1 fully saturated rings. The van der Waals surface area contributed by atoms with Crippen molar-refractivity contribution in [3.05, 3.63) is 28.2 Å². The van der Waals surface area contributed by atoms with E-state index < -0.39 is 0 Å². The molecule has 24 heavy (non-hydrogen) atoms. The third-order valence-electron chi connectivity index (χ3n) is 4.14. The maximum atomic E-state index is 11.9. The van der Waals surface area contributed by atoms with Crippen LogP contribution in [0.2, 0.25) is 0 Å². The van der Waals surface area contributed by atoms with Crippen LogP contribution < -0.4 is 4.74 Å². The van der Waals surface area contributed by atoms with E-state index in [0.29, 0.717) is 43.5 Å². The highest BCUT2D eigenvalue weighted by atomic mass is 79.9. The number of ether oxygens (including phenoxy) is 2. The number of rotatable bonds is 6. The van der Waals surface area contributed by atoms with E-state index in [9.17, 15) is 4.79 Å². The van der Waals surface area contributed by atoms with Gasteiger partial charge < -0.3 is 14.4 Å². The Morgan fingerprint density at radius 1 is 1.42 bits per heavy atom. The van der Waals surface area contributed by atoms with Crippen molar-refractivity contribution in [3.8, 4) is 11.8 Å². The van der Waals surface area contributed by atoms with Gasteiger partial charge in [0.2, 0.25) is 0 Å². The molecule has 6 heteroatoms. The number of piperidine rings is 1. The predicted molar refractivity (Wildman–Crippen MR) is 94.9 cm³/mol. The molecular weight excluding hydrogens is 372 g/mol. The SMILES string of the molecule is CCCCOC(=O)N1CCC(COc2ccc(Br)c(C#N)c2)CC1. The average molecular weight is 395 g/mol. The molecule has 0 unspecified atom stereocenters. The lowest BCUT2D eigenvalue weighted by Gasteiger charge is -2.31. The number of carbonyl (C=O) groups excluding carboxylic acids is 1. The first-order chi connectivity index (χ1) is 11.6. The molecule has 2 rings (SSSR count). The number of likely N-dealkylation sites (tertiary alicyclic amines) is 1.